The number of H-pyrrole nitrogens is 1. The number of rotatable bonds is 2. The molecule has 0 bridgehead atoms. The van der Waals surface area contributed by atoms with E-state index in [2.05, 4.69) is 14.7 Å². The van der Waals surface area contributed by atoms with Crippen LogP contribution in [0.3, 0.4) is 0 Å². The lowest BCUT2D eigenvalue weighted by Gasteiger charge is -2.40. The Morgan fingerprint density at radius 3 is 2.79 bits per heavy atom. The van der Waals surface area contributed by atoms with Gasteiger partial charge in [-0.05, 0) is 30.5 Å². The SMILES string of the molecule is O=C1OC2(CCN(c3nc4ccc(OC(F)(F)F)cc4[nH]3)CC2)C2=C1C=CCC2. The lowest BCUT2D eigenvalue weighted by Crippen LogP contribution is -2.46. The Balaban J connectivity index is 1.35. The van der Waals surface area contributed by atoms with E-state index in [0.717, 1.165) is 18.4 Å². The quantitative estimate of drug-likeness (QED) is 0.765. The molecule has 0 unspecified atom stereocenters. The molecule has 5 rings (SSSR count). The minimum absolute atomic E-state index is 0.245. The number of alkyl halides is 3. The third-order valence-corrected chi connectivity index (χ3v) is 5.77. The number of ether oxygens (including phenoxy) is 2. The molecule has 0 saturated carbocycles. The predicted octanol–water partition coefficient (Wildman–Crippen LogP) is 4.00. The Hall–Kier alpha value is -2.97. The van der Waals surface area contributed by atoms with Gasteiger partial charge in [0.15, 0.2) is 0 Å². The monoisotopic (exact) mass is 405 g/mol. The number of carbonyl (C=O) groups excluding carboxylic acids is 1. The van der Waals surface area contributed by atoms with Crippen molar-refractivity contribution in [2.75, 3.05) is 18.0 Å². The van der Waals surface area contributed by atoms with Crippen molar-refractivity contribution in [2.45, 2.75) is 37.6 Å². The molecule has 1 spiro atoms. The topological polar surface area (TPSA) is 67.4 Å². The maximum Gasteiger partial charge on any atom is 0.573 e. The number of imidazole rings is 1. The molecule has 6 nitrogen and oxygen atoms in total. The number of hydrogen-bond acceptors (Lipinski definition) is 5. The molecular weight excluding hydrogens is 387 g/mol. The van der Waals surface area contributed by atoms with Crippen molar-refractivity contribution < 1.29 is 27.4 Å². The van der Waals surface area contributed by atoms with Crippen LogP contribution in [-0.2, 0) is 9.53 Å². The van der Waals surface area contributed by atoms with Crippen LogP contribution in [0.25, 0.3) is 11.0 Å². The van der Waals surface area contributed by atoms with Crippen LogP contribution in [0.15, 0.2) is 41.5 Å². The molecule has 3 heterocycles. The van der Waals surface area contributed by atoms with Gasteiger partial charge in [0, 0.05) is 32.0 Å². The summed E-state index contributed by atoms with van der Waals surface area (Å²) in [6.45, 7) is 1.25. The van der Waals surface area contributed by atoms with Crippen LogP contribution in [0.2, 0.25) is 0 Å². The molecule has 2 aliphatic heterocycles. The van der Waals surface area contributed by atoms with Crippen molar-refractivity contribution >= 4 is 23.0 Å². The highest BCUT2D eigenvalue weighted by Crippen LogP contribution is 2.45. The van der Waals surface area contributed by atoms with Gasteiger partial charge >= 0.3 is 12.3 Å². The van der Waals surface area contributed by atoms with E-state index in [1.54, 1.807) is 0 Å². The van der Waals surface area contributed by atoms with E-state index in [0.29, 0.717) is 48.5 Å². The van der Waals surface area contributed by atoms with Crippen LogP contribution in [0.1, 0.15) is 25.7 Å². The molecule has 0 amide bonds. The lowest BCUT2D eigenvalue weighted by atomic mass is 9.79. The number of benzene rings is 1. The number of piperidine rings is 1. The summed E-state index contributed by atoms with van der Waals surface area (Å²) >= 11 is 0. The number of carbonyl (C=O) groups is 1. The fourth-order valence-corrected chi connectivity index (χ4v) is 4.43. The molecule has 3 aliphatic rings. The van der Waals surface area contributed by atoms with Gasteiger partial charge in [-0.1, -0.05) is 12.2 Å². The summed E-state index contributed by atoms with van der Waals surface area (Å²) in [5, 5.41) is 0. The second kappa shape index (κ2) is 6.27. The summed E-state index contributed by atoms with van der Waals surface area (Å²) in [6.07, 6.45) is 2.19. The second-order valence-electron chi connectivity index (χ2n) is 7.49. The van der Waals surface area contributed by atoms with Crippen LogP contribution in [-0.4, -0.2) is 41.0 Å². The fraction of sp³-hybridized carbons (Fsp3) is 0.400. The summed E-state index contributed by atoms with van der Waals surface area (Å²) in [5.74, 6) is 0.0480. The molecule has 0 radical (unpaired) electrons. The number of aromatic amines is 1. The molecule has 1 saturated heterocycles. The number of nitrogens with zero attached hydrogens (tertiary/aromatic N) is 2. The van der Waals surface area contributed by atoms with Crippen molar-refractivity contribution in [1.29, 1.82) is 0 Å². The second-order valence-corrected chi connectivity index (χ2v) is 7.49. The summed E-state index contributed by atoms with van der Waals surface area (Å²) in [6, 6.07) is 4.02. The summed E-state index contributed by atoms with van der Waals surface area (Å²) in [7, 11) is 0. The van der Waals surface area contributed by atoms with Crippen LogP contribution in [0, 0.1) is 0 Å². The fourth-order valence-electron chi connectivity index (χ4n) is 4.43. The highest BCUT2D eigenvalue weighted by atomic mass is 19.4. The Morgan fingerprint density at radius 2 is 2.03 bits per heavy atom. The first kappa shape index (κ1) is 18.1. The van der Waals surface area contributed by atoms with Gasteiger partial charge in [0.25, 0.3) is 0 Å². The van der Waals surface area contributed by atoms with Gasteiger partial charge in [-0.3, -0.25) is 0 Å². The highest BCUT2D eigenvalue weighted by molar-refractivity contribution is 5.96. The zero-order valence-corrected chi connectivity index (χ0v) is 15.4. The minimum Gasteiger partial charge on any atom is -0.451 e. The van der Waals surface area contributed by atoms with E-state index in [-0.39, 0.29) is 11.7 Å². The number of anilines is 1. The van der Waals surface area contributed by atoms with Crippen LogP contribution < -0.4 is 9.64 Å². The average Bonchev–Trinajstić information content (AvgIpc) is 3.21. The van der Waals surface area contributed by atoms with Crippen molar-refractivity contribution in [3.63, 3.8) is 0 Å². The molecule has 1 aromatic heterocycles. The molecule has 29 heavy (non-hydrogen) atoms. The number of hydrogen-bond donors (Lipinski definition) is 1. The third-order valence-electron chi connectivity index (χ3n) is 5.77. The van der Waals surface area contributed by atoms with Gasteiger partial charge in [-0.15, -0.1) is 13.2 Å². The molecule has 1 fully saturated rings. The molecule has 1 N–H and O–H groups in total. The largest absolute Gasteiger partial charge is 0.573 e. The van der Waals surface area contributed by atoms with Gasteiger partial charge in [0.1, 0.15) is 11.4 Å². The highest BCUT2D eigenvalue weighted by Gasteiger charge is 2.48. The number of halogens is 3. The molecule has 1 aromatic carbocycles. The molecule has 9 heteroatoms. The Kier molecular flexibility index (Phi) is 3.91. The molecule has 152 valence electrons. The van der Waals surface area contributed by atoms with E-state index < -0.39 is 12.0 Å². The number of esters is 1. The van der Waals surface area contributed by atoms with E-state index in [1.165, 1.54) is 18.2 Å². The van der Waals surface area contributed by atoms with E-state index in [9.17, 15) is 18.0 Å². The van der Waals surface area contributed by atoms with E-state index in [1.807, 2.05) is 17.1 Å². The molecule has 2 aromatic rings. The normalized spacial score (nSPS) is 21.1. The zero-order chi connectivity index (χ0) is 20.2. The molecular formula is C20H18F3N3O3. The summed E-state index contributed by atoms with van der Waals surface area (Å²) < 4.78 is 47.0. The van der Waals surface area contributed by atoms with Gasteiger partial charge in [-0.2, -0.15) is 0 Å². The van der Waals surface area contributed by atoms with Crippen LogP contribution in [0.5, 0.6) is 5.75 Å². The minimum atomic E-state index is -4.74. The number of aromatic nitrogens is 2. The maximum atomic E-state index is 12.4. The van der Waals surface area contributed by atoms with Gasteiger partial charge in [0.2, 0.25) is 5.95 Å². The summed E-state index contributed by atoms with van der Waals surface area (Å²) in [4.78, 5) is 21.8. The first-order chi connectivity index (χ1) is 13.8. The zero-order valence-electron chi connectivity index (χ0n) is 15.4. The van der Waals surface area contributed by atoms with Crippen molar-refractivity contribution in [3.8, 4) is 5.75 Å². The van der Waals surface area contributed by atoms with Gasteiger partial charge in [-0.25, -0.2) is 9.78 Å². The lowest BCUT2D eigenvalue weighted by molar-refractivity contribution is -0.274. The van der Waals surface area contributed by atoms with E-state index >= 15 is 0 Å². The van der Waals surface area contributed by atoms with Crippen LogP contribution >= 0.6 is 0 Å². The number of fused-ring (bicyclic) bond motifs is 2. The predicted molar refractivity (Wildman–Crippen MR) is 98.4 cm³/mol. The smallest absolute Gasteiger partial charge is 0.451 e. The Morgan fingerprint density at radius 1 is 1.24 bits per heavy atom. The van der Waals surface area contributed by atoms with Crippen LogP contribution in [0.4, 0.5) is 19.1 Å². The molecule has 1 aliphatic carbocycles. The standard InChI is InChI=1S/C20H18F3N3O3/c21-20(22,23)28-12-5-6-15-16(11-12)25-18(24-15)26-9-7-19(8-10-26)14-4-2-1-3-13(14)17(27)29-19/h1,3,5-6,11H,2,4,7-10H2,(H,24,25). The average molecular weight is 405 g/mol. The third kappa shape index (κ3) is 3.14. The first-order valence-electron chi connectivity index (χ1n) is 9.47. The first-order valence-corrected chi connectivity index (χ1v) is 9.47. The van der Waals surface area contributed by atoms with Crippen molar-refractivity contribution in [3.05, 3.63) is 41.5 Å². The van der Waals surface area contributed by atoms with Crippen molar-refractivity contribution in [1.82, 2.24) is 9.97 Å². The molecule has 0 atom stereocenters. The Labute approximate surface area is 164 Å². The Bertz CT molecular complexity index is 1050. The van der Waals surface area contributed by atoms with E-state index in [4.69, 9.17) is 4.74 Å². The number of allylic oxidation sites excluding steroid dienone is 1. The maximum absolute atomic E-state index is 12.4. The van der Waals surface area contributed by atoms with Crippen molar-refractivity contribution in [2.24, 2.45) is 0 Å². The van der Waals surface area contributed by atoms with Gasteiger partial charge < -0.3 is 19.4 Å². The summed E-state index contributed by atoms with van der Waals surface area (Å²) in [5.41, 5.74) is 2.29. The van der Waals surface area contributed by atoms with Gasteiger partial charge in [0.05, 0.1) is 16.6 Å². The number of nitrogens with one attached hydrogen (secondary N) is 1.